The number of benzene rings is 2. The first kappa shape index (κ1) is 13.6. The van der Waals surface area contributed by atoms with Gasteiger partial charge >= 0.3 is 0 Å². The topological polar surface area (TPSA) is 42.2 Å². The highest BCUT2D eigenvalue weighted by Crippen LogP contribution is 2.32. The number of hydrogen-bond donors (Lipinski definition) is 1. The van der Waals surface area contributed by atoms with Gasteiger partial charge in [-0.1, -0.05) is 36.4 Å². The van der Waals surface area contributed by atoms with Gasteiger partial charge in [0.05, 0.1) is 17.1 Å². The molecule has 0 amide bonds. The summed E-state index contributed by atoms with van der Waals surface area (Å²) in [5.74, 6) is 0. The van der Waals surface area contributed by atoms with Gasteiger partial charge < -0.3 is 10.6 Å². The van der Waals surface area contributed by atoms with Gasteiger partial charge in [0.15, 0.2) is 0 Å². The van der Waals surface area contributed by atoms with Crippen LogP contribution in [0.1, 0.15) is 0 Å². The number of rotatable bonds is 3. The molecule has 2 N–H and O–H groups in total. The molecule has 3 aromatic rings. The summed E-state index contributed by atoms with van der Waals surface area (Å²) < 4.78 is 0. The summed E-state index contributed by atoms with van der Waals surface area (Å²) in [6.07, 6.45) is 0. The summed E-state index contributed by atoms with van der Waals surface area (Å²) in [6.45, 7) is 0. The first-order chi connectivity index (χ1) is 10.1. The van der Waals surface area contributed by atoms with Crippen LogP contribution in [-0.2, 0) is 0 Å². The van der Waals surface area contributed by atoms with Gasteiger partial charge in [0.25, 0.3) is 0 Å². The van der Waals surface area contributed by atoms with Gasteiger partial charge in [-0.2, -0.15) is 0 Å². The number of nitrogens with two attached hydrogens (primary N) is 1. The molecular weight excluding hydrogens is 278 g/mol. The highest BCUT2D eigenvalue weighted by atomic mass is 32.1. The smallest absolute Gasteiger partial charge is 0.124 e. The Kier molecular flexibility index (Phi) is 3.62. The van der Waals surface area contributed by atoms with E-state index in [1.54, 1.807) is 11.3 Å². The van der Waals surface area contributed by atoms with E-state index in [1.807, 2.05) is 49.3 Å². The lowest BCUT2D eigenvalue weighted by Gasteiger charge is -2.15. The summed E-state index contributed by atoms with van der Waals surface area (Å²) in [4.78, 5) is 6.73. The predicted octanol–water partition coefficient (Wildman–Crippen LogP) is 4.13. The maximum absolute atomic E-state index is 6.11. The molecule has 3 nitrogen and oxygen atoms in total. The van der Waals surface area contributed by atoms with Crippen LogP contribution in [0.25, 0.3) is 21.8 Å². The molecule has 1 heterocycles. The van der Waals surface area contributed by atoms with E-state index >= 15 is 0 Å². The van der Waals surface area contributed by atoms with Crippen molar-refractivity contribution >= 4 is 22.7 Å². The Balaban J connectivity index is 1.95. The molecule has 0 aliphatic heterocycles. The third-order valence-electron chi connectivity index (χ3n) is 3.33. The predicted molar refractivity (Wildman–Crippen MR) is 91.7 cm³/mol. The molecule has 0 aliphatic carbocycles. The normalized spacial score (nSPS) is 10.6. The Hall–Kier alpha value is -2.33. The number of hydrogen-bond acceptors (Lipinski definition) is 4. The first-order valence-corrected chi connectivity index (χ1v) is 7.61. The Labute approximate surface area is 128 Å². The molecule has 4 heteroatoms. The maximum Gasteiger partial charge on any atom is 0.124 e. The average molecular weight is 295 g/mol. The van der Waals surface area contributed by atoms with E-state index in [-0.39, 0.29) is 0 Å². The molecule has 0 aliphatic rings. The van der Waals surface area contributed by atoms with E-state index in [9.17, 15) is 0 Å². The van der Waals surface area contributed by atoms with Gasteiger partial charge in [0.1, 0.15) is 5.01 Å². The molecule has 106 valence electrons. The second-order valence-corrected chi connectivity index (χ2v) is 5.93. The molecule has 0 atom stereocenters. The Morgan fingerprint density at radius 1 is 1.00 bits per heavy atom. The van der Waals surface area contributed by atoms with Gasteiger partial charge in [0, 0.05) is 30.6 Å². The molecular formula is C17H17N3S. The van der Waals surface area contributed by atoms with Gasteiger partial charge in [-0.25, -0.2) is 4.98 Å². The Morgan fingerprint density at radius 3 is 2.43 bits per heavy atom. The van der Waals surface area contributed by atoms with Crippen LogP contribution in [0.2, 0.25) is 0 Å². The minimum atomic E-state index is 0.770. The van der Waals surface area contributed by atoms with Crippen molar-refractivity contribution in [2.45, 2.75) is 0 Å². The minimum Gasteiger partial charge on any atom is -0.397 e. The quantitative estimate of drug-likeness (QED) is 0.739. The molecule has 3 rings (SSSR count). The van der Waals surface area contributed by atoms with Crippen molar-refractivity contribution in [2.75, 3.05) is 24.7 Å². The molecule has 0 saturated heterocycles. The second kappa shape index (κ2) is 5.58. The summed E-state index contributed by atoms with van der Waals surface area (Å²) >= 11 is 1.65. The van der Waals surface area contributed by atoms with Crippen LogP contribution in [-0.4, -0.2) is 19.1 Å². The molecule has 0 radical (unpaired) electrons. The fourth-order valence-electron chi connectivity index (χ4n) is 2.24. The van der Waals surface area contributed by atoms with Gasteiger partial charge in [0.2, 0.25) is 0 Å². The zero-order valence-corrected chi connectivity index (χ0v) is 12.9. The van der Waals surface area contributed by atoms with Crippen molar-refractivity contribution in [3.05, 3.63) is 53.9 Å². The molecule has 0 fully saturated rings. The van der Waals surface area contributed by atoms with E-state index in [2.05, 4.69) is 23.6 Å². The van der Waals surface area contributed by atoms with Gasteiger partial charge in [-0.3, -0.25) is 0 Å². The maximum atomic E-state index is 6.11. The first-order valence-electron chi connectivity index (χ1n) is 6.73. The summed E-state index contributed by atoms with van der Waals surface area (Å²) in [5.41, 5.74) is 11.1. The largest absolute Gasteiger partial charge is 0.397 e. The SMILES string of the molecule is CN(C)c1ccc(-c2csc(-c3ccccc3)n2)cc1N. The van der Waals surface area contributed by atoms with Crippen LogP contribution >= 0.6 is 11.3 Å². The molecule has 2 aromatic carbocycles. The number of aromatic nitrogens is 1. The molecule has 21 heavy (non-hydrogen) atoms. The highest BCUT2D eigenvalue weighted by Gasteiger charge is 2.09. The lowest BCUT2D eigenvalue weighted by molar-refractivity contribution is 1.13. The Morgan fingerprint density at radius 2 is 1.76 bits per heavy atom. The monoisotopic (exact) mass is 295 g/mol. The minimum absolute atomic E-state index is 0.770. The van der Waals surface area contributed by atoms with Crippen molar-refractivity contribution in [1.29, 1.82) is 0 Å². The third kappa shape index (κ3) is 2.76. The summed E-state index contributed by atoms with van der Waals surface area (Å²) in [6, 6.07) is 16.3. The standard InChI is InChI=1S/C17H17N3S/c1-20(2)16-9-8-13(10-14(16)18)15-11-21-17(19-15)12-6-4-3-5-7-12/h3-11H,18H2,1-2H3. The average Bonchev–Trinajstić information content (AvgIpc) is 2.97. The number of nitrogens with zero attached hydrogens (tertiary/aromatic N) is 2. The zero-order chi connectivity index (χ0) is 14.8. The Bertz CT molecular complexity index is 748. The molecule has 0 saturated carbocycles. The number of thiazole rings is 1. The van der Waals surface area contributed by atoms with E-state index in [0.29, 0.717) is 0 Å². The molecule has 0 bridgehead atoms. The van der Waals surface area contributed by atoms with Gasteiger partial charge in [-0.15, -0.1) is 11.3 Å². The lowest BCUT2D eigenvalue weighted by Crippen LogP contribution is -2.10. The zero-order valence-electron chi connectivity index (χ0n) is 12.1. The van der Waals surface area contributed by atoms with Crippen molar-refractivity contribution in [3.8, 4) is 21.8 Å². The van der Waals surface area contributed by atoms with Crippen LogP contribution in [0.4, 0.5) is 11.4 Å². The number of anilines is 2. The van der Waals surface area contributed by atoms with Crippen LogP contribution in [0.3, 0.4) is 0 Å². The third-order valence-corrected chi connectivity index (χ3v) is 4.22. The van der Waals surface area contributed by atoms with Crippen LogP contribution in [0.5, 0.6) is 0 Å². The van der Waals surface area contributed by atoms with Crippen molar-refractivity contribution < 1.29 is 0 Å². The molecule has 0 unspecified atom stereocenters. The molecule has 0 spiro atoms. The summed E-state index contributed by atoms with van der Waals surface area (Å²) in [5, 5.41) is 3.10. The van der Waals surface area contributed by atoms with E-state index in [1.165, 1.54) is 0 Å². The number of nitrogen functional groups attached to an aromatic ring is 1. The van der Waals surface area contributed by atoms with Gasteiger partial charge in [-0.05, 0) is 12.1 Å². The van der Waals surface area contributed by atoms with E-state index in [0.717, 1.165) is 33.2 Å². The molecule has 1 aromatic heterocycles. The lowest BCUT2D eigenvalue weighted by atomic mass is 10.1. The van der Waals surface area contributed by atoms with Crippen molar-refractivity contribution in [2.24, 2.45) is 0 Å². The van der Waals surface area contributed by atoms with E-state index < -0.39 is 0 Å². The fourth-order valence-corrected chi connectivity index (χ4v) is 3.08. The van der Waals surface area contributed by atoms with Crippen molar-refractivity contribution in [3.63, 3.8) is 0 Å². The van der Waals surface area contributed by atoms with Crippen molar-refractivity contribution in [1.82, 2.24) is 4.98 Å². The fraction of sp³-hybridized carbons (Fsp3) is 0.118. The van der Waals surface area contributed by atoms with Crippen LogP contribution in [0.15, 0.2) is 53.9 Å². The van der Waals surface area contributed by atoms with Crippen LogP contribution in [0, 0.1) is 0 Å². The van der Waals surface area contributed by atoms with Crippen LogP contribution < -0.4 is 10.6 Å². The van der Waals surface area contributed by atoms with E-state index in [4.69, 9.17) is 10.7 Å². The highest BCUT2D eigenvalue weighted by molar-refractivity contribution is 7.13. The summed E-state index contributed by atoms with van der Waals surface area (Å²) in [7, 11) is 3.98. The second-order valence-electron chi connectivity index (χ2n) is 5.07.